The second-order valence-electron chi connectivity index (χ2n) is 7.29. The molecule has 164 valence electrons. The van der Waals surface area contributed by atoms with Crippen LogP contribution in [0.5, 0.6) is 5.75 Å². The molecule has 0 saturated carbocycles. The average molecular weight is 453 g/mol. The van der Waals surface area contributed by atoms with E-state index < -0.39 is 11.6 Å². The van der Waals surface area contributed by atoms with Crippen molar-refractivity contribution in [2.75, 3.05) is 4.31 Å². The Bertz CT molecular complexity index is 1170. The molecule has 0 bridgehead atoms. The number of rotatable bonds is 8. The fourth-order valence-corrected chi connectivity index (χ4v) is 4.49. The van der Waals surface area contributed by atoms with Crippen LogP contribution in [0.1, 0.15) is 24.1 Å². The minimum atomic E-state index is -0.510. The summed E-state index contributed by atoms with van der Waals surface area (Å²) in [6.07, 6.45) is 3.88. The predicted octanol–water partition coefficient (Wildman–Crippen LogP) is 5.78. The molecule has 1 heterocycles. The molecule has 0 aliphatic rings. The van der Waals surface area contributed by atoms with Crippen LogP contribution in [0.4, 0.5) is 14.5 Å². The molecule has 1 N–H and O–H groups in total. The van der Waals surface area contributed by atoms with Crippen molar-refractivity contribution in [3.05, 3.63) is 102 Å². The number of halogens is 2. The van der Waals surface area contributed by atoms with Crippen LogP contribution in [0.25, 0.3) is 0 Å². The summed E-state index contributed by atoms with van der Waals surface area (Å²) in [7, 11) is 0. The van der Waals surface area contributed by atoms with E-state index in [0.29, 0.717) is 13.0 Å². The van der Waals surface area contributed by atoms with Gasteiger partial charge < -0.3 is 9.41 Å². The first kappa shape index (κ1) is 21.8. The van der Waals surface area contributed by atoms with Gasteiger partial charge in [-0.15, -0.1) is 0 Å². The zero-order valence-corrected chi connectivity index (χ0v) is 18.2. The van der Waals surface area contributed by atoms with Crippen molar-refractivity contribution in [1.82, 2.24) is 14.8 Å². The summed E-state index contributed by atoms with van der Waals surface area (Å²) < 4.78 is 32.4. The summed E-state index contributed by atoms with van der Waals surface area (Å²) in [6, 6.07) is 17.7. The van der Waals surface area contributed by atoms with Gasteiger partial charge in [0.1, 0.15) is 30.0 Å². The van der Waals surface area contributed by atoms with Gasteiger partial charge in [-0.3, -0.25) is 4.68 Å². The molecule has 0 saturated heterocycles. The van der Waals surface area contributed by atoms with Gasteiger partial charge in [0, 0.05) is 17.5 Å². The average Bonchev–Trinajstić information content (AvgIpc) is 3.33. The minimum absolute atomic E-state index is 0.143. The summed E-state index contributed by atoms with van der Waals surface area (Å²) in [4.78, 5) is 4.77. The molecule has 4 rings (SSSR count). The van der Waals surface area contributed by atoms with Gasteiger partial charge >= 0.3 is 0 Å². The van der Waals surface area contributed by atoms with Crippen molar-refractivity contribution in [2.24, 2.45) is 0 Å². The Morgan fingerprint density at radius 1 is 1.06 bits per heavy atom. The largest absolute Gasteiger partial charge is 0.508 e. The number of phenols is 1. The third-order valence-corrected chi connectivity index (χ3v) is 6.31. The summed E-state index contributed by atoms with van der Waals surface area (Å²) in [5.41, 5.74) is 2.24. The number of aryl methyl sites for hydroxylation is 2. The minimum Gasteiger partial charge on any atom is -0.508 e. The van der Waals surface area contributed by atoms with E-state index in [9.17, 15) is 13.9 Å². The maximum absolute atomic E-state index is 14.8. The molecule has 4 aromatic rings. The second-order valence-corrected chi connectivity index (χ2v) is 8.34. The van der Waals surface area contributed by atoms with E-state index in [2.05, 4.69) is 10.1 Å². The van der Waals surface area contributed by atoms with Crippen LogP contribution in [0.2, 0.25) is 0 Å². The van der Waals surface area contributed by atoms with Crippen LogP contribution in [-0.2, 0) is 13.0 Å². The van der Waals surface area contributed by atoms with Crippen molar-refractivity contribution in [3.8, 4) is 5.75 Å². The Morgan fingerprint density at radius 3 is 2.59 bits per heavy atom. The van der Waals surface area contributed by atoms with Gasteiger partial charge in [-0.1, -0.05) is 24.3 Å². The fourth-order valence-electron chi connectivity index (χ4n) is 3.49. The molecule has 0 radical (unpaired) electrons. The van der Waals surface area contributed by atoms with Crippen molar-refractivity contribution < 1.29 is 13.9 Å². The van der Waals surface area contributed by atoms with Gasteiger partial charge in [0.05, 0.1) is 11.7 Å². The number of anilines is 1. The van der Waals surface area contributed by atoms with Crippen molar-refractivity contribution >= 4 is 17.6 Å². The number of nitrogens with zero attached hydrogens (tertiary/aromatic N) is 4. The van der Waals surface area contributed by atoms with Gasteiger partial charge in [0.25, 0.3) is 0 Å². The highest BCUT2D eigenvalue weighted by Gasteiger charge is 2.23. The van der Waals surface area contributed by atoms with E-state index in [4.69, 9.17) is 0 Å². The van der Waals surface area contributed by atoms with E-state index in [1.807, 2.05) is 31.2 Å². The molecule has 3 aromatic carbocycles. The smallest absolute Gasteiger partial charge is 0.147 e. The number of hydrogen-bond acceptors (Lipinski definition) is 5. The van der Waals surface area contributed by atoms with Gasteiger partial charge in [-0.05, 0) is 72.8 Å². The highest BCUT2D eigenvalue weighted by molar-refractivity contribution is 8.00. The van der Waals surface area contributed by atoms with Crippen molar-refractivity contribution in [3.63, 3.8) is 0 Å². The van der Waals surface area contributed by atoms with Crippen molar-refractivity contribution in [2.45, 2.75) is 30.8 Å². The lowest BCUT2D eigenvalue weighted by atomic mass is 9.98. The number of aromatic nitrogens is 3. The quantitative estimate of drug-likeness (QED) is 0.344. The lowest BCUT2D eigenvalue weighted by Gasteiger charge is -2.32. The zero-order chi connectivity index (χ0) is 22.5. The van der Waals surface area contributed by atoms with Gasteiger partial charge in [0.15, 0.2) is 0 Å². The number of phenolic OH excluding ortho intramolecular Hbond substituents is 1. The summed E-state index contributed by atoms with van der Waals surface area (Å²) in [5, 5.41) is 13.8. The van der Waals surface area contributed by atoms with Gasteiger partial charge in [0.2, 0.25) is 0 Å². The number of hydrogen-bond donors (Lipinski definition) is 1. The zero-order valence-electron chi connectivity index (χ0n) is 17.4. The molecular weight excluding hydrogens is 430 g/mol. The Labute approximate surface area is 189 Å². The Morgan fingerprint density at radius 2 is 1.84 bits per heavy atom. The first-order valence-corrected chi connectivity index (χ1v) is 10.9. The second kappa shape index (κ2) is 9.82. The van der Waals surface area contributed by atoms with Crippen LogP contribution in [-0.4, -0.2) is 19.9 Å². The van der Waals surface area contributed by atoms with Crippen LogP contribution < -0.4 is 4.31 Å². The maximum Gasteiger partial charge on any atom is 0.147 e. The lowest BCUT2D eigenvalue weighted by Crippen LogP contribution is -2.22. The van der Waals surface area contributed by atoms with E-state index in [1.54, 1.807) is 39.6 Å². The molecule has 0 aliphatic carbocycles. The normalized spacial score (nSPS) is 12.0. The van der Waals surface area contributed by atoms with Gasteiger partial charge in [-0.25, -0.2) is 13.8 Å². The molecule has 32 heavy (non-hydrogen) atoms. The molecule has 0 amide bonds. The topological polar surface area (TPSA) is 54.2 Å². The predicted molar refractivity (Wildman–Crippen MR) is 121 cm³/mol. The number of benzene rings is 3. The maximum atomic E-state index is 14.8. The highest BCUT2D eigenvalue weighted by Crippen LogP contribution is 2.40. The third-order valence-electron chi connectivity index (χ3n) is 5.12. The van der Waals surface area contributed by atoms with Crippen LogP contribution >= 0.6 is 11.9 Å². The van der Waals surface area contributed by atoms with Crippen LogP contribution in [0.3, 0.4) is 0 Å². The standard InChI is InChI=1S/C24H22F2N4OS/c1-17(22-5-3-2-4-18(22)12-13-29-16-27-15-28-29)30(24-14-19(25)6-11-23(24)26)32-21-9-7-20(31)8-10-21/h2-11,14-17,31H,12-13H2,1H3. The Balaban J connectivity index is 1.69. The van der Waals surface area contributed by atoms with E-state index in [0.717, 1.165) is 28.2 Å². The first-order chi connectivity index (χ1) is 15.5. The third kappa shape index (κ3) is 5.08. The monoisotopic (exact) mass is 452 g/mol. The van der Waals surface area contributed by atoms with E-state index in [-0.39, 0.29) is 17.5 Å². The van der Waals surface area contributed by atoms with Crippen molar-refractivity contribution in [1.29, 1.82) is 0 Å². The summed E-state index contributed by atoms with van der Waals surface area (Å²) in [5.74, 6) is -0.877. The van der Waals surface area contributed by atoms with Gasteiger partial charge in [-0.2, -0.15) is 5.10 Å². The molecule has 0 aliphatic heterocycles. The van der Waals surface area contributed by atoms with Crippen LogP contribution in [0, 0.1) is 11.6 Å². The Kier molecular flexibility index (Phi) is 6.70. The SMILES string of the molecule is CC(c1ccccc1CCn1cncn1)N(Sc1ccc(O)cc1)c1cc(F)ccc1F. The van der Waals surface area contributed by atoms with E-state index >= 15 is 0 Å². The van der Waals surface area contributed by atoms with Crippen LogP contribution in [0.15, 0.2) is 84.3 Å². The first-order valence-electron chi connectivity index (χ1n) is 10.1. The molecule has 0 fully saturated rings. The van der Waals surface area contributed by atoms with E-state index in [1.165, 1.54) is 24.3 Å². The fraction of sp³-hybridized carbons (Fsp3) is 0.167. The molecule has 8 heteroatoms. The summed E-state index contributed by atoms with van der Waals surface area (Å²) in [6.45, 7) is 2.62. The number of aromatic hydroxyl groups is 1. The molecule has 1 atom stereocenters. The molecule has 1 unspecified atom stereocenters. The molecule has 0 spiro atoms. The highest BCUT2D eigenvalue weighted by atomic mass is 32.2. The molecular formula is C24H22F2N4OS. The Hall–Kier alpha value is -3.39. The lowest BCUT2D eigenvalue weighted by molar-refractivity contribution is 0.475. The molecule has 5 nitrogen and oxygen atoms in total. The summed E-state index contributed by atoms with van der Waals surface area (Å²) >= 11 is 1.29. The molecule has 1 aromatic heterocycles.